The zero-order valence-electron chi connectivity index (χ0n) is 11.9. The number of carbonyl (C=O) groups excluding carboxylic acids is 2. The van der Waals surface area contributed by atoms with Crippen molar-refractivity contribution in [1.82, 2.24) is 0 Å². The van der Waals surface area contributed by atoms with E-state index < -0.39 is 11.5 Å². The number of aryl methyl sites for hydroxylation is 1. The van der Waals surface area contributed by atoms with Gasteiger partial charge in [-0.15, -0.1) is 0 Å². The number of Topliss-reactive ketones (excluding diaryl/α,β-unsaturated/α-hetero) is 1. The number of halogens is 1. The van der Waals surface area contributed by atoms with E-state index in [1.165, 1.54) is 0 Å². The Hall–Kier alpha value is -1.98. The lowest BCUT2D eigenvalue weighted by Gasteiger charge is -2.20. The predicted octanol–water partition coefficient (Wildman–Crippen LogP) is 3.17. The van der Waals surface area contributed by atoms with Crippen LogP contribution < -0.4 is 5.32 Å². The summed E-state index contributed by atoms with van der Waals surface area (Å²) in [6.07, 6.45) is -0.286. The monoisotopic (exact) mass is 359 g/mol. The van der Waals surface area contributed by atoms with E-state index in [4.69, 9.17) is 0 Å². The molecule has 2 aromatic carbocycles. The van der Waals surface area contributed by atoms with Crippen LogP contribution in [0.1, 0.15) is 27.9 Å². The minimum Gasteiger partial charge on any atom is -0.375 e. The van der Waals surface area contributed by atoms with Gasteiger partial charge < -0.3 is 10.4 Å². The smallest absolute Gasteiger partial charge is 0.261 e. The van der Waals surface area contributed by atoms with Gasteiger partial charge in [0, 0.05) is 21.3 Å². The number of hydrogen-bond donors (Lipinski definition) is 2. The molecule has 112 valence electrons. The van der Waals surface area contributed by atoms with Gasteiger partial charge in [0.05, 0.1) is 6.42 Å². The molecule has 1 aliphatic heterocycles. The molecule has 1 heterocycles. The van der Waals surface area contributed by atoms with Crippen molar-refractivity contribution in [2.45, 2.75) is 18.9 Å². The second-order valence-corrected chi connectivity index (χ2v) is 6.39. The molecule has 1 atom stereocenters. The summed E-state index contributed by atoms with van der Waals surface area (Å²) in [5, 5.41) is 13.4. The average Bonchev–Trinajstić information content (AvgIpc) is 2.71. The number of ketones is 1. The van der Waals surface area contributed by atoms with E-state index in [2.05, 4.69) is 21.2 Å². The van der Waals surface area contributed by atoms with Gasteiger partial charge in [-0.05, 0) is 25.1 Å². The third-order valence-electron chi connectivity index (χ3n) is 3.81. The first-order valence-electron chi connectivity index (χ1n) is 6.84. The van der Waals surface area contributed by atoms with E-state index in [1.807, 2.05) is 19.1 Å². The predicted molar refractivity (Wildman–Crippen MR) is 86.8 cm³/mol. The molecule has 5 heteroatoms. The number of nitrogens with one attached hydrogen (secondary N) is 1. The highest BCUT2D eigenvalue weighted by Gasteiger charge is 2.46. The second-order valence-electron chi connectivity index (χ2n) is 5.47. The largest absolute Gasteiger partial charge is 0.375 e. The highest BCUT2D eigenvalue weighted by atomic mass is 79.9. The number of fused-ring (bicyclic) bond motifs is 1. The van der Waals surface area contributed by atoms with Crippen molar-refractivity contribution >= 4 is 33.3 Å². The van der Waals surface area contributed by atoms with E-state index >= 15 is 0 Å². The Labute approximate surface area is 136 Å². The molecule has 0 bridgehead atoms. The highest BCUT2D eigenvalue weighted by molar-refractivity contribution is 9.10. The Morgan fingerprint density at radius 1 is 1.27 bits per heavy atom. The molecule has 0 saturated carbocycles. The summed E-state index contributed by atoms with van der Waals surface area (Å²) in [6, 6.07) is 12.2. The van der Waals surface area contributed by atoms with Gasteiger partial charge in [0.15, 0.2) is 11.4 Å². The average molecular weight is 360 g/mol. The van der Waals surface area contributed by atoms with Crippen LogP contribution >= 0.6 is 15.9 Å². The summed E-state index contributed by atoms with van der Waals surface area (Å²) in [6.45, 7) is 1.87. The van der Waals surface area contributed by atoms with Crippen LogP contribution in [0.15, 0.2) is 46.9 Å². The van der Waals surface area contributed by atoms with Crippen LogP contribution in [0.3, 0.4) is 0 Å². The summed E-state index contributed by atoms with van der Waals surface area (Å²) in [5.41, 5.74) is 0.571. The molecule has 2 aromatic rings. The topological polar surface area (TPSA) is 66.4 Å². The fourth-order valence-corrected chi connectivity index (χ4v) is 3.03. The summed E-state index contributed by atoms with van der Waals surface area (Å²) in [5.74, 6) is -0.843. The first-order chi connectivity index (χ1) is 10.4. The zero-order valence-corrected chi connectivity index (χ0v) is 13.5. The first kappa shape index (κ1) is 14.9. The van der Waals surface area contributed by atoms with Crippen molar-refractivity contribution in [3.63, 3.8) is 0 Å². The Balaban J connectivity index is 1.96. The van der Waals surface area contributed by atoms with E-state index in [1.54, 1.807) is 30.3 Å². The lowest BCUT2D eigenvalue weighted by atomic mass is 9.87. The molecule has 4 nitrogen and oxygen atoms in total. The molecule has 0 fully saturated rings. The minimum absolute atomic E-state index is 0.284. The van der Waals surface area contributed by atoms with Crippen molar-refractivity contribution in [2.24, 2.45) is 0 Å². The van der Waals surface area contributed by atoms with E-state index in [-0.39, 0.29) is 12.2 Å². The Morgan fingerprint density at radius 3 is 2.77 bits per heavy atom. The van der Waals surface area contributed by atoms with Gasteiger partial charge in [0.1, 0.15) is 0 Å². The Morgan fingerprint density at radius 2 is 2.05 bits per heavy atom. The molecular weight excluding hydrogens is 346 g/mol. The normalized spacial score (nSPS) is 19.7. The van der Waals surface area contributed by atoms with Crippen LogP contribution in [0, 0.1) is 6.92 Å². The SMILES string of the molecule is Cc1ccc2c(c1)[C@@](O)(CC(=O)c1cccc(Br)c1)C(=O)N2. The molecular formula is C17H14BrNO3. The van der Waals surface area contributed by atoms with Crippen LogP contribution in [-0.2, 0) is 10.4 Å². The number of anilines is 1. The van der Waals surface area contributed by atoms with Crippen molar-refractivity contribution in [3.05, 3.63) is 63.6 Å². The van der Waals surface area contributed by atoms with Crippen LogP contribution in [0.25, 0.3) is 0 Å². The van der Waals surface area contributed by atoms with Crippen LogP contribution in [0.2, 0.25) is 0 Å². The number of rotatable bonds is 3. The fraction of sp³-hybridized carbons (Fsp3) is 0.176. The zero-order chi connectivity index (χ0) is 15.9. The molecule has 0 radical (unpaired) electrons. The quantitative estimate of drug-likeness (QED) is 0.827. The molecule has 3 rings (SSSR count). The summed E-state index contributed by atoms with van der Waals surface area (Å²) < 4.78 is 0.775. The molecule has 22 heavy (non-hydrogen) atoms. The molecule has 0 unspecified atom stereocenters. The lowest BCUT2D eigenvalue weighted by molar-refractivity contribution is -0.133. The van der Waals surface area contributed by atoms with Gasteiger partial charge in [-0.3, -0.25) is 9.59 Å². The van der Waals surface area contributed by atoms with Crippen LogP contribution in [0.5, 0.6) is 0 Å². The number of benzene rings is 2. The van der Waals surface area contributed by atoms with Crippen molar-refractivity contribution in [2.75, 3.05) is 5.32 Å². The maximum absolute atomic E-state index is 12.4. The van der Waals surface area contributed by atoms with Crippen LogP contribution in [-0.4, -0.2) is 16.8 Å². The molecule has 1 aliphatic rings. The molecule has 0 saturated heterocycles. The molecule has 0 aromatic heterocycles. The van der Waals surface area contributed by atoms with E-state index in [0.29, 0.717) is 16.8 Å². The highest BCUT2D eigenvalue weighted by Crippen LogP contribution is 2.39. The van der Waals surface area contributed by atoms with Crippen molar-refractivity contribution in [3.8, 4) is 0 Å². The number of carbonyl (C=O) groups is 2. The van der Waals surface area contributed by atoms with Gasteiger partial charge in [-0.1, -0.05) is 45.8 Å². The molecule has 1 amide bonds. The third-order valence-corrected chi connectivity index (χ3v) is 4.30. The van der Waals surface area contributed by atoms with E-state index in [0.717, 1.165) is 10.0 Å². The lowest BCUT2D eigenvalue weighted by Crippen LogP contribution is -2.36. The van der Waals surface area contributed by atoms with Gasteiger partial charge in [-0.25, -0.2) is 0 Å². The summed E-state index contributed by atoms with van der Waals surface area (Å²) >= 11 is 3.31. The van der Waals surface area contributed by atoms with Gasteiger partial charge in [0.25, 0.3) is 5.91 Å². The van der Waals surface area contributed by atoms with Gasteiger partial charge >= 0.3 is 0 Å². The molecule has 2 N–H and O–H groups in total. The Bertz CT molecular complexity index is 787. The van der Waals surface area contributed by atoms with Crippen molar-refractivity contribution < 1.29 is 14.7 Å². The number of amides is 1. The van der Waals surface area contributed by atoms with Crippen molar-refractivity contribution in [1.29, 1.82) is 0 Å². The third kappa shape index (κ3) is 2.46. The fourth-order valence-electron chi connectivity index (χ4n) is 2.63. The van der Waals surface area contributed by atoms with Gasteiger partial charge in [0.2, 0.25) is 0 Å². The number of hydrogen-bond acceptors (Lipinski definition) is 3. The summed E-state index contributed by atoms with van der Waals surface area (Å²) in [4.78, 5) is 24.6. The maximum Gasteiger partial charge on any atom is 0.261 e. The van der Waals surface area contributed by atoms with Crippen LogP contribution in [0.4, 0.5) is 5.69 Å². The first-order valence-corrected chi connectivity index (χ1v) is 7.63. The summed E-state index contributed by atoms with van der Waals surface area (Å²) in [7, 11) is 0. The Kier molecular flexibility index (Phi) is 3.62. The second kappa shape index (κ2) is 5.34. The standard InChI is InChI=1S/C17H14BrNO3/c1-10-5-6-14-13(7-10)17(22,16(21)19-14)9-15(20)11-3-2-4-12(18)8-11/h2-8,22H,9H2,1H3,(H,19,21)/t17-/m0/s1. The molecule has 0 spiro atoms. The minimum atomic E-state index is -1.82. The van der Waals surface area contributed by atoms with E-state index in [9.17, 15) is 14.7 Å². The number of aliphatic hydroxyl groups is 1. The molecule has 0 aliphatic carbocycles. The maximum atomic E-state index is 12.4. The van der Waals surface area contributed by atoms with Gasteiger partial charge in [-0.2, -0.15) is 0 Å².